The van der Waals surface area contributed by atoms with Gasteiger partial charge in [-0.2, -0.15) is 10.1 Å². The minimum atomic E-state index is -0.322. The number of para-hydroxylation sites is 1. The van der Waals surface area contributed by atoms with Crippen LogP contribution < -0.4 is 4.74 Å². The molecule has 0 spiro atoms. The third-order valence-corrected chi connectivity index (χ3v) is 5.26. The van der Waals surface area contributed by atoms with E-state index in [2.05, 4.69) is 20.3 Å². The summed E-state index contributed by atoms with van der Waals surface area (Å²) in [6.45, 7) is 0.939. The molecule has 156 valence electrons. The number of aromatic amines is 1. The highest BCUT2D eigenvalue weighted by molar-refractivity contribution is 5.94. The van der Waals surface area contributed by atoms with Gasteiger partial charge in [0.2, 0.25) is 11.7 Å². The third kappa shape index (κ3) is 3.54. The molecule has 1 aliphatic rings. The topological polar surface area (TPSA) is 97.1 Å². The standard InChI is InChI=1S/C22H18FN5O3/c1-30-19-5-3-2-4-16(19)20-24-21(31-27-20)14-11-28(12-14)22(29)18-10-17(25-26-18)13-6-8-15(23)9-7-13/h2-10,14H,11-12H2,1H3,(H,25,26). The molecule has 3 heterocycles. The lowest BCUT2D eigenvalue weighted by Crippen LogP contribution is -2.48. The van der Waals surface area contributed by atoms with E-state index in [1.807, 2.05) is 24.3 Å². The largest absolute Gasteiger partial charge is 0.496 e. The van der Waals surface area contributed by atoms with Crippen LogP contribution in [0.2, 0.25) is 0 Å². The van der Waals surface area contributed by atoms with Crippen molar-refractivity contribution >= 4 is 5.91 Å². The second-order valence-electron chi connectivity index (χ2n) is 7.24. The van der Waals surface area contributed by atoms with E-state index in [1.54, 1.807) is 30.2 Å². The van der Waals surface area contributed by atoms with Crippen LogP contribution in [0.4, 0.5) is 4.39 Å². The van der Waals surface area contributed by atoms with Crippen LogP contribution in [-0.4, -0.2) is 51.3 Å². The highest BCUT2D eigenvalue weighted by Gasteiger charge is 2.36. The first-order valence-corrected chi connectivity index (χ1v) is 9.70. The molecule has 1 saturated heterocycles. The fourth-order valence-electron chi connectivity index (χ4n) is 3.51. The Morgan fingerprint density at radius 3 is 2.74 bits per heavy atom. The number of methoxy groups -OCH3 is 1. The number of hydrogen-bond donors (Lipinski definition) is 1. The normalized spacial score (nSPS) is 13.8. The van der Waals surface area contributed by atoms with E-state index >= 15 is 0 Å². The summed E-state index contributed by atoms with van der Waals surface area (Å²) in [5, 5.41) is 11.0. The van der Waals surface area contributed by atoms with Crippen LogP contribution in [0.1, 0.15) is 22.3 Å². The molecule has 1 aliphatic heterocycles. The van der Waals surface area contributed by atoms with Gasteiger partial charge in [0.05, 0.1) is 24.3 Å². The second kappa shape index (κ2) is 7.67. The van der Waals surface area contributed by atoms with Gasteiger partial charge in [0, 0.05) is 18.7 Å². The number of likely N-dealkylation sites (tertiary alicyclic amines) is 1. The van der Waals surface area contributed by atoms with E-state index in [-0.39, 0.29) is 17.6 Å². The summed E-state index contributed by atoms with van der Waals surface area (Å²) >= 11 is 0. The second-order valence-corrected chi connectivity index (χ2v) is 7.24. The fraction of sp³-hybridized carbons (Fsp3) is 0.182. The number of nitrogens with one attached hydrogen (secondary N) is 1. The lowest BCUT2D eigenvalue weighted by Gasteiger charge is -2.36. The van der Waals surface area contributed by atoms with Crippen LogP contribution in [-0.2, 0) is 0 Å². The lowest BCUT2D eigenvalue weighted by molar-refractivity contribution is 0.0563. The van der Waals surface area contributed by atoms with Crippen molar-refractivity contribution in [2.75, 3.05) is 20.2 Å². The molecule has 31 heavy (non-hydrogen) atoms. The van der Waals surface area contributed by atoms with Gasteiger partial charge in [-0.05, 0) is 42.5 Å². The van der Waals surface area contributed by atoms with Crippen LogP contribution in [0.5, 0.6) is 5.75 Å². The number of benzene rings is 2. The molecule has 4 aromatic rings. The minimum absolute atomic E-state index is 0.0283. The Bertz CT molecular complexity index is 1230. The van der Waals surface area contributed by atoms with Crippen molar-refractivity contribution in [2.24, 2.45) is 0 Å². The van der Waals surface area contributed by atoms with Gasteiger partial charge < -0.3 is 14.2 Å². The molecule has 0 saturated carbocycles. The monoisotopic (exact) mass is 419 g/mol. The van der Waals surface area contributed by atoms with Crippen LogP contribution in [0, 0.1) is 5.82 Å². The molecule has 0 bridgehead atoms. The summed E-state index contributed by atoms with van der Waals surface area (Å²) in [4.78, 5) is 18.9. The van der Waals surface area contributed by atoms with Gasteiger partial charge in [-0.3, -0.25) is 9.89 Å². The highest BCUT2D eigenvalue weighted by atomic mass is 19.1. The SMILES string of the molecule is COc1ccccc1-c1noc(C2CN(C(=O)c3cc(-c4ccc(F)cc4)n[nH]3)C2)n1. The van der Waals surface area contributed by atoms with Crippen LogP contribution in [0.3, 0.4) is 0 Å². The number of H-pyrrole nitrogens is 1. The van der Waals surface area contributed by atoms with Crippen molar-refractivity contribution < 1.29 is 18.4 Å². The molecule has 2 aromatic heterocycles. The van der Waals surface area contributed by atoms with Crippen molar-refractivity contribution in [3.8, 4) is 28.4 Å². The van der Waals surface area contributed by atoms with Crippen LogP contribution in [0.15, 0.2) is 59.1 Å². The van der Waals surface area contributed by atoms with Gasteiger partial charge in [-0.25, -0.2) is 4.39 Å². The zero-order chi connectivity index (χ0) is 21.4. The van der Waals surface area contributed by atoms with Crippen LogP contribution >= 0.6 is 0 Å². The molecule has 9 heteroatoms. The minimum Gasteiger partial charge on any atom is -0.496 e. The Kier molecular flexibility index (Phi) is 4.70. The summed E-state index contributed by atoms with van der Waals surface area (Å²) in [5.41, 5.74) is 2.43. The number of ether oxygens (including phenoxy) is 1. The molecule has 2 aromatic carbocycles. The number of hydrogen-bond acceptors (Lipinski definition) is 6. The first-order chi connectivity index (χ1) is 15.1. The molecular weight excluding hydrogens is 401 g/mol. The molecule has 8 nitrogen and oxygen atoms in total. The summed E-state index contributed by atoms with van der Waals surface area (Å²) in [5.74, 6) is 1.09. The Hall–Kier alpha value is -4.01. The predicted octanol–water partition coefficient (Wildman–Crippen LogP) is 3.51. The van der Waals surface area contributed by atoms with E-state index in [4.69, 9.17) is 9.26 Å². The number of amides is 1. The molecule has 0 unspecified atom stereocenters. The lowest BCUT2D eigenvalue weighted by atomic mass is 9.99. The summed E-state index contributed by atoms with van der Waals surface area (Å²) in [6.07, 6.45) is 0. The molecule has 0 atom stereocenters. The fourth-order valence-corrected chi connectivity index (χ4v) is 3.51. The number of nitrogens with zero attached hydrogens (tertiary/aromatic N) is 4. The number of aromatic nitrogens is 4. The number of carbonyl (C=O) groups excluding carboxylic acids is 1. The predicted molar refractivity (Wildman–Crippen MR) is 109 cm³/mol. The van der Waals surface area contributed by atoms with Gasteiger partial charge in [-0.15, -0.1) is 0 Å². The number of rotatable bonds is 5. The van der Waals surface area contributed by atoms with E-state index in [0.29, 0.717) is 41.9 Å². The number of carbonyl (C=O) groups is 1. The van der Waals surface area contributed by atoms with Gasteiger partial charge in [0.1, 0.15) is 17.3 Å². The van der Waals surface area contributed by atoms with Gasteiger partial charge in [-0.1, -0.05) is 17.3 Å². The highest BCUT2D eigenvalue weighted by Crippen LogP contribution is 2.32. The van der Waals surface area contributed by atoms with Gasteiger partial charge in [0.15, 0.2) is 0 Å². The average Bonchev–Trinajstić information content (AvgIpc) is 3.43. The smallest absolute Gasteiger partial charge is 0.271 e. The van der Waals surface area contributed by atoms with Crippen molar-refractivity contribution in [1.29, 1.82) is 0 Å². The first kappa shape index (κ1) is 19.0. The van der Waals surface area contributed by atoms with E-state index in [0.717, 1.165) is 11.1 Å². The molecule has 1 fully saturated rings. The maximum atomic E-state index is 13.1. The molecule has 0 radical (unpaired) electrons. The summed E-state index contributed by atoms with van der Waals surface area (Å²) in [6, 6.07) is 15.1. The Morgan fingerprint density at radius 1 is 1.19 bits per heavy atom. The average molecular weight is 419 g/mol. The first-order valence-electron chi connectivity index (χ1n) is 9.70. The van der Waals surface area contributed by atoms with E-state index in [1.165, 1.54) is 12.1 Å². The van der Waals surface area contributed by atoms with Crippen LogP contribution in [0.25, 0.3) is 22.6 Å². The van der Waals surface area contributed by atoms with Crippen molar-refractivity contribution in [3.63, 3.8) is 0 Å². The Morgan fingerprint density at radius 2 is 1.97 bits per heavy atom. The maximum absolute atomic E-state index is 13.1. The molecular formula is C22H18FN5O3. The molecule has 0 aliphatic carbocycles. The van der Waals surface area contributed by atoms with E-state index in [9.17, 15) is 9.18 Å². The van der Waals surface area contributed by atoms with E-state index < -0.39 is 0 Å². The quantitative estimate of drug-likeness (QED) is 0.532. The summed E-state index contributed by atoms with van der Waals surface area (Å²) < 4.78 is 23.9. The summed E-state index contributed by atoms with van der Waals surface area (Å²) in [7, 11) is 1.59. The van der Waals surface area contributed by atoms with Crippen molar-refractivity contribution in [2.45, 2.75) is 5.92 Å². The zero-order valence-corrected chi connectivity index (χ0v) is 16.6. The third-order valence-electron chi connectivity index (χ3n) is 5.26. The van der Waals surface area contributed by atoms with Gasteiger partial charge >= 0.3 is 0 Å². The Balaban J connectivity index is 1.25. The Labute approximate surface area is 176 Å². The van der Waals surface area contributed by atoms with Crippen molar-refractivity contribution in [3.05, 3.63) is 72.0 Å². The van der Waals surface area contributed by atoms with Crippen molar-refractivity contribution in [1.82, 2.24) is 25.2 Å². The maximum Gasteiger partial charge on any atom is 0.271 e. The van der Waals surface area contributed by atoms with Gasteiger partial charge in [0.25, 0.3) is 5.91 Å². The molecule has 1 amide bonds. The molecule has 1 N–H and O–H groups in total. The molecule has 5 rings (SSSR count). The zero-order valence-electron chi connectivity index (χ0n) is 16.6. The number of halogens is 1.